The van der Waals surface area contributed by atoms with Crippen LogP contribution in [0.3, 0.4) is 0 Å². The van der Waals surface area contributed by atoms with Gasteiger partial charge in [0, 0.05) is 34.6 Å². The van der Waals surface area contributed by atoms with Crippen LogP contribution in [-0.2, 0) is 14.3 Å². The van der Waals surface area contributed by atoms with Gasteiger partial charge in [-0.1, -0.05) is 47.5 Å². The third kappa shape index (κ3) is 4.69. The van der Waals surface area contributed by atoms with Crippen LogP contribution in [0.5, 0.6) is 0 Å². The molecule has 0 saturated heterocycles. The highest BCUT2D eigenvalue weighted by Crippen LogP contribution is 2.33. The summed E-state index contributed by atoms with van der Waals surface area (Å²) in [5.74, 6) is -0.267. The lowest BCUT2D eigenvalue weighted by atomic mass is 9.92. The van der Waals surface area contributed by atoms with Gasteiger partial charge in [0.15, 0.2) is 0 Å². The smallest absolute Gasteiger partial charge is 0.302 e. The van der Waals surface area contributed by atoms with Gasteiger partial charge in [-0.2, -0.15) is 0 Å². The van der Waals surface area contributed by atoms with E-state index in [1.807, 2.05) is 36.4 Å². The van der Waals surface area contributed by atoms with Crippen LogP contribution in [0.25, 0.3) is 5.57 Å². The minimum atomic E-state index is -0.211. The van der Waals surface area contributed by atoms with Crippen LogP contribution in [-0.4, -0.2) is 37.3 Å². The summed E-state index contributed by atoms with van der Waals surface area (Å²) in [7, 11) is 0. The Morgan fingerprint density at radius 3 is 2.55 bits per heavy atom. The number of aliphatic imine (C=N–C) groups is 1. The number of carbonyl (C=O) groups excluding carboxylic acids is 2. The molecule has 0 bridgehead atoms. The molecule has 150 valence electrons. The number of rotatable bonds is 2. The average molecular weight is 431 g/mol. The summed E-state index contributed by atoms with van der Waals surface area (Å²) in [5, 5.41) is 4.10. The van der Waals surface area contributed by atoms with Crippen molar-refractivity contribution in [2.75, 3.05) is 19.7 Å². The summed E-state index contributed by atoms with van der Waals surface area (Å²) >= 11 is 12.6. The normalized spacial score (nSPS) is 14.6. The lowest BCUT2D eigenvalue weighted by Crippen LogP contribution is -2.19. The van der Waals surface area contributed by atoms with Crippen molar-refractivity contribution in [3.05, 3.63) is 74.8 Å². The Morgan fingerprint density at radius 2 is 1.90 bits per heavy atom. The molecule has 0 unspecified atom stereocenters. The minimum absolute atomic E-state index is 0.0563. The molecule has 5 nitrogen and oxygen atoms in total. The van der Waals surface area contributed by atoms with E-state index in [1.165, 1.54) is 6.92 Å². The van der Waals surface area contributed by atoms with E-state index >= 15 is 0 Å². The summed E-state index contributed by atoms with van der Waals surface area (Å²) in [5.41, 5.74) is 5.03. The highest BCUT2D eigenvalue weighted by Gasteiger charge is 2.29. The van der Waals surface area contributed by atoms with E-state index in [9.17, 15) is 9.59 Å². The highest BCUT2D eigenvalue weighted by molar-refractivity contribution is 6.37. The SMILES string of the molecule is CCOC(C)=O.O=C1NCC2=C1c1ccc(Cl)cc1C(c1ccccc1Cl)=NC2. The van der Waals surface area contributed by atoms with Crippen molar-refractivity contribution >= 4 is 46.4 Å². The second-order valence-corrected chi connectivity index (χ2v) is 7.26. The number of benzene rings is 2. The molecule has 0 atom stereocenters. The largest absolute Gasteiger partial charge is 0.466 e. The van der Waals surface area contributed by atoms with Gasteiger partial charge in [0.1, 0.15) is 0 Å². The molecule has 7 heteroatoms. The van der Waals surface area contributed by atoms with E-state index < -0.39 is 0 Å². The van der Waals surface area contributed by atoms with Crippen molar-refractivity contribution in [3.8, 4) is 0 Å². The predicted octanol–water partition coefficient (Wildman–Crippen LogP) is 4.30. The number of hydrogen-bond acceptors (Lipinski definition) is 4. The molecule has 2 aliphatic heterocycles. The fraction of sp³-hybridized carbons (Fsp3) is 0.227. The predicted molar refractivity (Wildman–Crippen MR) is 116 cm³/mol. The molecule has 2 aliphatic rings. The third-order valence-corrected chi connectivity index (χ3v) is 5.02. The third-order valence-electron chi connectivity index (χ3n) is 4.45. The molecule has 0 aliphatic carbocycles. The summed E-state index contributed by atoms with van der Waals surface area (Å²) < 4.78 is 4.40. The number of esters is 1. The maximum atomic E-state index is 12.2. The zero-order valence-electron chi connectivity index (χ0n) is 16.1. The topological polar surface area (TPSA) is 67.8 Å². The monoisotopic (exact) mass is 430 g/mol. The van der Waals surface area contributed by atoms with Crippen molar-refractivity contribution in [1.29, 1.82) is 0 Å². The van der Waals surface area contributed by atoms with E-state index in [1.54, 1.807) is 13.0 Å². The molecule has 0 aromatic heterocycles. The number of halogens is 2. The maximum absolute atomic E-state index is 12.2. The summed E-state index contributed by atoms with van der Waals surface area (Å²) in [4.78, 5) is 26.8. The molecule has 2 aromatic rings. The Bertz CT molecular complexity index is 1030. The second kappa shape index (κ2) is 9.25. The van der Waals surface area contributed by atoms with Crippen molar-refractivity contribution in [2.24, 2.45) is 4.99 Å². The number of ether oxygens (including phenoxy) is 1. The van der Waals surface area contributed by atoms with Gasteiger partial charge in [-0.05, 0) is 36.3 Å². The number of fused-ring (bicyclic) bond motifs is 2. The lowest BCUT2D eigenvalue weighted by Gasteiger charge is -2.13. The molecular formula is C22H20Cl2N2O3. The van der Waals surface area contributed by atoms with E-state index in [0.717, 1.165) is 28.0 Å². The number of carbonyl (C=O) groups is 2. The first kappa shape index (κ1) is 21.1. The van der Waals surface area contributed by atoms with Crippen LogP contribution in [0.4, 0.5) is 0 Å². The van der Waals surface area contributed by atoms with Crippen molar-refractivity contribution in [3.63, 3.8) is 0 Å². The molecule has 2 heterocycles. The van der Waals surface area contributed by atoms with Crippen molar-refractivity contribution < 1.29 is 14.3 Å². The van der Waals surface area contributed by atoms with Gasteiger partial charge in [-0.15, -0.1) is 0 Å². The lowest BCUT2D eigenvalue weighted by molar-refractivity contribution is -0.140. The number of hydrogen-bond donors (Lipinski definition) is 1. The Hall–Kier alpha value is -2.63. The molecule has 0 saturated carbocycles. The highest BCUT2D eigenvalue weighted by atomic mass is 35.5. The minimum Gasteiger partial charge on any atom is -0.466 e. The van der Waals surface area contributed by atoms with Crippen LogP contribution in [0, 0.1) is 0 Å². The van der Waals surface area contributed by atoms with Crippen LogP contribution >= 0.6 is 23.2 Å². The molecule has 0 spiro atoms. The van der Waals surface area contributed by atoms with E-state index in [-0.39, 0.29) is 11.9 Å². The Morgan fingerprint density at radius 1 is 1.14 bits per heavy atom. The summed E-state index contributed by atoms with van der Waals surface area (Å²) in [6.45, 7) is 4.66. The Balaban J connectivity index is 0.000000353. The van der Waals surface area contributed by atoms with Gasteiger partial charge in [0.25, 0.3) is 5.91 Å². The summed E-state index contributed by atoms with van der Waals surface area (Å²) in [6.07, 6.45) is 0. The molecule has 2 aromatic carbocycles. The number of nitrogens with zero attached hydrogens (tertiary/aromatic N) is 1. The van der Waals surface area contributed by atoms with Gasteiger partial charge in [-0.25, -0.2) is 0 Å². The Labute approximate surface area is 179 Å². The molecule has 0 radical (unpaired) electrons. The van der Waals surface area contributed by atoms with E-state index in [4.69, 9.17) is 28.2 Å². The first-order valence-electron chi connectivity index (χ1n) is 9.15. The molecule has 29 heavy (non-hydrogen) atoms. The maximum Gasteiger partial charge on any atom is 0.302 e. The summed E-state index contributed by atoms with van der Waals surface area (Å²) in [6, 6.07) is 13.1. The second-order valence-electron chi connectivity index (χ2n) is 6.42. The van der Waals surface area contributed by atoms with Gasteiger partial charge >= 0.3 is 5.97 Å². The van der Waals surface area contributed by atoms with Crippen molar-refractivity contribution in [2.45, 2.75) is 13.8 Å². The van der Waals surface area contributed by atoms with Gasteiger partial charge in [0.05, 0.1) is 24.4 Å². The number of amides is 1. The number of nitrogens with one attached hydrogen (secondary N) is 1. The zero-order chi connectivity index (χ0) is 21.0. The van der Waals surface area contributed by atoms with E-state index in [2.05, 4.69) is 10.1 Å². The van der Waals surface area contributed by atoms with Crippen molar-refractivity contribution in [1.82, 2.24) is 5.32 Å². The van der Waals surface area contributed by atoms with Gasteiger partial charge in [-0.3, -0.25) is 14.6 Å². The van der Waals surface area contributed by atoms with E-state index in [0.29, 0.717) is 35.3 Å². The van der Waals surface area contributed by atoms with Crippen LogP contribution in [0.2, 0.25) is 10.0 Å². The standard InChI is InChI=1S/C18H12Cl2N2O.C4H8O2/c19-11-5-6-12-14(7-11)17(13-3-1-2-4-15(13)20)21-8-10-9-22-18(23)16(10)12;1-3-6-4(2)5/h1-7H,8-9H2,(H,22,23);3H2,1-2H3. The zero-order valence-corrected chi connectivity index (χ0v) is 17.6. The first-order valence-corrected chi connectivity index (χ1v) is 9.91. The fourth-order valence-corrected chi connectivity index (χ4v) is 3.65. The molecular weight excluding hydrogens is 411 g/mol. The quantitative estimate of drug-likeness (QED) is 0.722. The van der Waals surface area contributed by atoms with Gasteiger partial charge in [0.2, 0.25) is 0 Å². The van der Waals surface area contributed by atoms with Gasteiger partial charge < -0.3 is 10.1 Å². The van der Waals surface area contributed by atoms with Crippen LogP contribution in [0.15, 0.2) is 53.0 Å². The molecule has 1 N–H and O–H groups in total. The molecule has 1 amide bonds. The van der Waals surface area contributed by atoms with Crippen LogP contribution < -0.4 is 5.32 Å². The Kier molecular flexibility index (Phi) is 6.72. The average Bonchev–Trinajstić information content (AvgIpc) is 2.96. The molecule has 0 fully saturated rings. The fourth-order valence-electron chi connectivity index (χ4n) is 3.25. The molecule has 4 rings (SSSR count). The first-order chi connectivity index (χ1) is 13.9. The van der Waals surface area contributed by atoms with Crippen LogP contribution in [0.1, 0.15) is 30.5 Å².